The maximum atomic E-state index is 12.6. The topological polar surface area (TPSA) is 39.2 Å². The first kappa shape index (κ1) is 15.7. The van der Waals surface area contributed by atoms with Crippen molar-refractivity contribution in [3.63, 3.8) is 0 Å². The molecule has 0 radical (unpaired) electrons. The van der Waals surface area contributed by atoms with Crippen molar-refractivity contribution < 1.29 is 35.9 Å². The second-order valence-electron chi connectivity index (χ2n) is 3.16. The minimum Gasteiger partial charge on any atom is -0.404 e. The predicted octanol–water partition coefficient (Wildman–Crippen LogP) is 3.71. The van der Waals surface area contributed by atoms with Crippen LogP contribution in [0, 0.1) is 0 Å². The monoisotopic (exact) mass is 351 g/mol. The Kier molecular flexibility index (Phi) is 4.43. The Hall–Kier alpha value is -1.32. The summed E-state index contributed by atoms with van der Waals surface area (Å²) in [6.45, 7) is 0. The molecule has 1 aromatic rings. The molecule has 0 unspecified atom stereocenters. The van der Waals surface area contributed by atoms with Crippen molar-refractivity contribution in [3.8, 4) is 5.75 Å². The lowest BCUT2D eigenvalue weighted by atomic mass is 10.1. The largest absolute Gasteiger partial charge is 0.573 e. The van der Waals surface area contributed by atoms with E-state index in [4.69, 9.17) is 0 Å². The molecule has 0 fully saturated rings. The molecule has 0 aliphatic heterocycles. The van der Waals surface area contributed by atoms with Crippen LogP contribution in [0.15, 0.2) is 6.20 Å². The smallest absolute Gasteiger partial charge is 0.404 e. The third-order valence-corrected chi connectivity index (χ3v) is 2.45. The first-order chi connectivity index (χ1) is 8.60. The van der Waals surface area contributed by atoms with E-state index in [1.54, 1.807) is 0 Å². The Morgan fingerprint density at radius 2 is 1.84 bits per heavy atom. The van der Waals surface area contributed by atoms with Crippen molar-refractivity contribution in [1.82, 2.24) is 4.98 Å². The van der Waals surface area contributed by atoms with Gasteiger partial charge in [0.05, 0.1) is 11.3 Å². The number of nitrogens with zero attached hydrogens (tertiary/aromatic N) is 1. The van der Waals surface area contributed by atoms with E-state index >= 15 is 0 Å². The highest BCUT2D eigenvalue weighted by atomic mass is 79.9. The number of aldehydes is 1. The zero-order valence-electron chi connectivity index (χ0n) is 8.77. The molecule has 0 saturated heterocycles. The number of ether oxygens (including phenoxy) is 1. The van der Waals surface area contributed by atoms with E-state index in [-0.39, 0.29) is 23.5 Å². The molecule has 1 aromatic heterocycles. The van der Waals surface area contributed by atoms with E-state index in [9.17, 15) is 31.1 Å². The van der Waals surface area contributed by atoms with Gasteiger partial charge < -0.3 is 4.74 Å². The molecule has 0 aromatic carbocycles. The number of rotatable bonds is 3. The lowest BCUT2D eigenvalue weighted by Crippen LogP contribution is -2.22. The van der Waals surface area contributed by atoms with Crippen molar-refractivity contribution in [2.24, 2.45) is 0 Å². The summed E-state index contributed by atoms with van der Waals surface area (Å²) < 4.78 is 77.4. The van der Waals surface area contributed by atoms with E-state index in [0.29, 0.717) is 0 Å². The summed E-state index contributed by atoms with van der Waals surface area (Å²) >= 11 is 2.80. The van der Waals surface area contributed by atoms with Crippen LogP contribution in [0.2, 0.25) is 0 Å². The Labute approximate surface area is 110 Å². The van der Waals surface area contributed by atoms with Gasteiger partial charge in [0.2, 0.25) is 0 Å². The molecule has 0 amide bonds. The van der Waals surface area contributed by atoms with Gasteiger partial charge in [-0.3, -0.25) is 9.78 Å². The predicted molar refractivity (Wildman–Crippen MR) is 53.9 cm³/mol. The number of aromatic nitrogens is 1. The minimum absolute atomic E-state index is 0.167. The fourth-order valence-corrected chi connectivity index (χ4v) is 1.65. The SMILES string of the molecule is O=Cc1c(CBr)ncc(C(F)(F)F)c1OC(F)(F)F. The molecule has 0 bridgehead atoms. The van der Waals surface area contributed by atoms with E-state index in [0.717, 1.165) is 0 Å². The maximum absolute atomic E-state index is 12.6. The third kappa shape index (κ3) is 3.82. The molecular formula is C9H4BrF6NO2. The molecule has 3 nitrogen and oxygen atoms in total. The van der Waals surface area contributed by atoms with Gasteiger partial charge in [-0.1, -0.05) is 15.9 Å². The number of pyridine rings is 1. The van der Waals surface area contributed by atoms with Crippen LogP contribution < -0.4 is 4.74 Å². The van der Waals surface area contributed by atoms with Gasteiger partial charge in [-0.05, 0) is 0 Å². The molecule has 0 aliphatic carbocycles. The van der Waals surface area contributed by atoms with E-state index in [2.05, 4.69) is 25.7 Å². The Morgan fingerprint density at radius 1 is 1.26 bits per heavy atom. The highest BCUT2D eigenvalue weighted by Crippen LogP contribution is 2.40. The third-order valence-electron chi connectivity index (χ3n) is 1.92. The molecule has 19 heavy (non-hydrogen) atoms. The average molecular weight is 352 g/mol. The van der Waals surface area contributed by atoms with Gasteiger partial charge in [0.1, 0.15) is 5.56 Å². The average Bonchev–Trinajstić information content (AvgIpc) is 2.24. The van der Waals surface area contributed by atoms with Gasteiger partial charge >= 0.3 is 12.5 Å². The summed E-state index contributed by atoms with van der Waals surface area (Å²) in [7, 11) is 0. The van der Waals surface area contributed by atoms with Crippen LogP contribution in [0.25, 0.3) is 0 Å². The van der Waals surface area contributed by atoms with Crippen molar-refractivity contribution in [2.75, 3.05) is 0 Å². The van der Waals surface area contributed by atoms with Gasteiger partial charge in [0.25, 0.3) is 0 Å². The second-order valence-corrected chi connectivity index (χ2v) is 3.72. The summed E-state index contributed by atoms with van der Waals surface area (Å²) in [6, 6.07) is 0. The van der Waals surface area contributed by atoms with Crippen molar-refractivity contribution >= 4 is 22.2 Å². The lowest BCUT2D eigenvalue weighted by Gasteiger charge is -2.17. The normalized spacial score (nSPS) is 12.4. The van der Waals surface area contributed by atoms with Crippen LogP contribution in [-0.4, -0.2) is 17.6 Å². The number of alkyl halides is 7. The number of halogens is 7. The molecule has 0 saturated carbocycles. The first-order valence-electron chi connectivity index (χ1n) is 4.46. The molecule has 10 heteroatoms. The van der Waals surface area contributed by atoms with Crippen molar-refractivity contribution in [3.05, 3.63) is 23.0 Å². The standard InChI is InChI=1S/C9H4BrF6NO2/c10-1-6-4(3-18)7(19-9(14,15)16)5(2-17-6)8(11,12)13/h2-3H,1H2. The molecule has 0 spiro atoms. The Balaban J connectivity index is 3.54. The van der Waals surface area contributed by atoms with Crippen LogP contribution in [-0.2, 0) is 11.5 Å². The summed E-state index contributed by atoms with van der Waals surface area (Å²) in [5, 5.41) is -0.201. The van der Waals surface area contributed by atoms with E-state index < -0.39 is 29.4 Å². The van der Waals surface area contributed by atoms with Crippen molar-refractivity contribution in [2.45, 2.75) is 17.9 Å². The summed E-state index contributed by atoms with van der Waals surface area (Å²) in [4.78, 5) is 14.0. The zero-order valence-corrected chi connectivity index (χ0v) is 10.4. The molecule has 0 atom stereocenters. The quantitative estimate of drug-likeness (QED) is 0.473. The molecule has 106 valence electrons. The highest BCUT2D eigenvalue weighted by Gasteiger charge is 2.41. The molecule has 0 N–H and O–H groups in total. The number of carbonyl (C=O) groups excluding carboxylic acids is 1. The maximum Gasteiger partial charge on any atom is 0.573 e. The second kappa shape index (κ2) is 5.35. The van der Waals surface area contributed by atoms with Gasteiger partial charge in [-0.2, -0.15) is 13.2 Å². The van der Waals surface area contributed by atoms with Gasteiger partial charge in [-0.15, -0.1) is 13.2 Å². The molecule has 1 rings (SSSR count). The van der Waals surface area contributed by atoms with Crippen LogP contribution in [0.5, 0.6) is 5.75 Å². The van der Waals surface area contributed by atoms with E-state index in [1.807, 2.05) is 0 Å². The molecular weight excluding hydrogens is 348 g/mol. The Bertz CT molecular complexity index is 485. The fraction of sp³-hybridized carbons (Fsp3) is 0.333. The fourth-order valence-electron chi connectivity index (χ4n) is 1.20. The number of hydrogen-bond donors (Lipinski definition) is 0. The van der Waals surface area contributed by atoms with Crippen LogP contribution in [0.4, 0.5) is 26.3 Å². The first-order valence-corrected chi connectivity index (χ1v) is 5.58. The van der Waals surface area contributed by atoms with Crippen LogP contribution >= 0.6 is 15.9 Å². The van der Waals surface area contributed by atoms with Crippen LogP contribution in [0.3, 0.4) is 0 Å². The lowest BCUT2D eigenvalue weighted by molar-refractivity contribution is -0.276. The Morgan fingerprint density at radius 3 is 2.21 bits per heavy atom. The van der Waals surface area contributed by atoms with Gasteiger partial charge in [-0.25, -0.2) is 0 Å². The summed E-state index contributed by atoms with van der Waals surface area (Å²) in [6.07, 6.45) is -10.5. The van der Waals surface area contributed by atoms with E-state index in [1.165, 1.54) is 0 Å². The van der Waals surface area contributed by atoms with Gasteiger partial charge in [0.15, 0.2) is 12.0 Å². The van der Waals surface area contributed by atoms with Crippen LogP contribution in [0.1, 0.15) is 21.6 Å². The number of hydrogen-bond acceptors (Lipinski definition) is 3. The summed E-state index contributed by atoms with van der Waals surface area (Å²) in [5.74, 6) is -1.60. The van der Waals surface area contributed by atoms with Gasteiger partial charge in [0, 0.05) is 11.5 Å². The highest BCUT2D eigenvalue weighted by molar-refractivity contribution is 9.08. The molecule has 1 heterocycles. The molecule has 0 aliphatic rings. The van der Waals surface area contributed by atoms with Crippen molar-refractivity contribution in [1.29, 1.82) is 0 Å². The summed E-state index contributed by atoms with van der Waals surface area (Å²) in [5.41, 5.74) is -2.96. The number of carbonyl (C=O) groups is 1. The minimum atomic E-state index is -5.36. The zero-order chi connectivity index (χ0) is 14.8.